The zero-order chi connectivity index (χ0) is 23.1. The Morgan fingerprint density at radius 2 is 2.09 bits per heavy atom. The molecule has 1 aromatic heterocycles. The van der Waals surface area contributed by atoms with Gasteiger partial charge in [0, 0.05) is 24.4 Å². The highest BCUT2D eigenvalue weighted by Crippen LogP contribution is 2.35. The van der Waals surface area contributed by atoms with Gasteiger partial charge in [0.15, 0.2) is 0 Å². The summed E-state index contributed by atoms with van der Waals surface area (Å²) < 4.78 is 28.6. The molecule has 0 spiro atoms. The summed E-state index contributed by atoms with van der Waals surface area (Å²) in [6.07, 6.45) is 3.12. The maximum absolute atomic E-state index is 14.3. The number of hydrazone groups is 1. The fourth-order valence-electron chi connectivity index (χ4n) is 3.72. The molecular weight excluding hydrogens is 418 g/mol. The SMILES string of the molecule is CNC1[C@H](Nc2ccc(C(N)=O)c(Nc3cccc(N/N=C\C=N)c3)n2)CCCC1(F)F. The van der Waals surface area contributed by atoms with Gasteiger partial charge in [-0.2, -0.15) is 5.10 Å². The Bertz CT molecular complexity index is 998. The van der Waals surface area contributed by atoms with Crippen LogP contribution in [0.25, 0.3) is 0 Å². The first-order valence-electron chi connectivity index (χ1n) is 10.1. The number of aromatic nitrogens is 1. The molecular formula is C21H26F2N8O. The second-order valence-electron chi connectivity index (χ2n) is 7.39. The summed E-state index contributed by atoms with van der Waals surface area (Å²) in [4.78, 5) is 16.3. The minimum Gasteiger partial charge on any atom is -0.365 e. The van der Waals surface area contributed by atoms with Crippen LogP contribution in [0.2, 0.25) is 0 Å². The van der Waals surface area contributed by atoms with Gasteiger partial charge in [-0.25, -0.2) is 13.8 Å². The number of nitrogens with two attached hydrogens (primary N) is 1. The maximum Gasteiger partial charge on any atom is 0.265 e. The standard InChI is InChI=1S/C21H26F2N8O/c1-26-18-16(6-3-9-21(18,22)23)29-17-8-7-15(19(25)32)20(30-17)28-13-4-2-5-14(12-13)31-27-11-10-24/h2,4-5,7-8,10-12,16,18,24,26,31H,3,6,9H2,1H3,(H2,25,32)(H2,28,29,30)/b24-10?,27-11-/t16-,18?/m1/s1. The third kappa shape index (κ3) is 5.55. The lowest BCUT2D eigenvalue weighted by molar-refractivity contribution is -0.0654. The van der Waals surface area contributed by atoms with Crippen LogP contribution in [0.5, 0.6) is 0 Å². The van der Waals surface area contributed by atoms with E-state index in [4.69, 9.17) is 11.1 Å². The lowest BCUT2D eigenvalue weighted by atomic mass is 9.87. The number of carbonyl (C=O) groups is 1. The molecule has 0 radical (unpaired) electrons. The molecule has 1 amide bonds. The predicted molar refractivity (Wildman–Crippen MR) is 122 cm³/mol. The number of primary amides is 1. The third-order valence-corrected chi connectivity index (χ3v) is 5.16. The van der Waals surface area contributed by atoms with Crippen molar-refractivity contribution in [1.29, 1.82) is 5.41 Å². The molecule has 11 heteroatoms. The van der Waals surface area contributed by atoms with E-state index in [-0.39, 0.29) is 17.8 Å². The van der Waals surface area contributed by atoms with Crippen LogP contribution in [0.15, 0.2) is 41.5 Å². The topological polar surface area (TPSA) is 140 Å². The highest BCUT2D eigenvalue weighted by Gasteiger charge is 2.46. The number of halogens is 2. The zero-order valence-electron chi connectivity index (χ0n) is 17.5. The number of anilines is 4. The van der Waals surface area contributed by atoms with Crippen molar-refractivity contribution in [3.8, 4) is 0 Å². The van der Waals surface area contributed by atoms with Crippen molar-refractivity contribution in [2.45, 2.75) is 37.3 Å². The van der Waals surface area contributed by atoms with Crippen molar-refractivity contribution < 1.29 is 13.6 Å². The summed E-state index contributed by atoms with van der Waals surface area (Å²) in [6.45, 7) is 0. The van der Waals surface area contributed by atoms with Gasteiger partial charge < -0.3 is 27.1 Å². The van der Waals surface area contributed by atoms with E-state index in [0.29, 0.717) is 30.0 Å². The molecule has 2 aromatic rings. The molecule has 0 aliphatic heterocycles. The van der Waals surface area contributed by atoms with Crippen molar-refractivity contribution >= 4 is 41.3 Å². The Hall–Kier alpha value is -3.60. The fourth-order valence-corrected chi connectivity index (χ4v) is 3.72. The van der Waals surface area contributed by atoms with Gasteiger partial charge in [-0.15, -0.1) is 0 Å². The van der Waals surface area contributed by atoms with E-state index in [1.807, 2.05) is 0 Å². The van der Waals surface area contributed by atoms with Crippen LogP contribution < -0.4 is 27.1 Å². The van der Waals surface area contributed by atoms with Gasteiger partial charge in [-0.05, 0) is 50.2 Å². The van der Waals surface area contributed by atoms with Crippen molar-refractivity contribution in [2.24, 2.45) is 10.8 Å². The van der Waals surface area contributed by atoms with Crippen LogP contribution in [0.4, 0.5) is 31.8 Å². The van der Waals surface area contributed by atoms with E-state index >= 15 is 0 Å². The lowest BCUT2D eigenvalue weighted by Crippen LogP contribution is -2.56. The van der Waals surface area contributed by atoms with Crippen molar-refractivity contribution in [1.82, 2.24) is 10.3 Å². The average molecular weight is 444 g/mol. The Balaban J connectivity index is 1.84. The van der Waals surface area contributed by atoms with E-state index in [0.717, 1.165) is 6.21 Å². The number of nitrogens with one attached hydrogen (secondary N) is 5. The molecule has 7 N–H and O–H groups in total. The predicted octanol–water partition coefficient (Wildman–Crippen LogP) is 3.16. The molecule has 170 valence electrons. The number of benzene rings is 1. The van der Waals surface area contributed by atoms with Crippen LogP contribution in [0.1, 0.15) is 29.6 Å². The third-order valence-electron chi connectivity index (χ3n) is 5.16. The van der Waals surface area contributed by atoms with E-state index < -0.39 is 23.9 Å². The molecule has 0 bridgehead atoms. The Labute approximate surface area is 184 Å². The number of rotatable bonds is 9. The highest BCUT2D eigenvalue weighted by molar-refractivity contribution is 6.14. The molecule has 1 aromatic carbocycles. The number of hydrogen-bond donors (Lipinski definition) is 6. The van der Waals surface area contributed by atoms with E-state index in [1.54, 1.807) is 30.3 Å². The second-order valence-corrected chi connectivity index (χ2v) is 7.39. The largest absolute Gasteiger partial charge is 0.365 e. The van der Waals surface area contributed by atoms with Crippen LogP contribution >= 0.6 is 0 Å². The first-order valence-corrected chi connectivity index (χ1v) is 10.1. The summed E-state index contributed by atoms with van der Waals surface area (Å²) in [5.74, 6) is -2.95. The van der Waals surface area contributed by atoms with Crippen LogP contribution in [-0.4, -0.2) is 48.4 Å². The summed E-state index contributed by atoms with van der Waals surface area (Å²) in [7, 11) is 1.52. The molecule has 1 aliphatic rings. The molecule has 9 nitrogen and oxygen atoms in total. The second kappa shape index (κ2) is 10.1. The lowest BCUT2D eigenvalue weighted by Gasteiger charge is -2.38. The number of nitrogens with zero attached hydrogens (tertiary/aromatic N) is 2. The number of likely N-dealkylation sites (N-methyl/N-ethyl adjacent to an activating group) is 1. The molecule has 2 atom stereocenters. The number of carbonyl (C=O) groups excluding carboxylic acids is 1. The smallest absolute Gasteiger partial charge is 0.265 e. The zero-order valence-corrected chi connectivity index (χ0v) is 17.5. The average Bonchev–Trinajstić information content (AvgIpc) is 2.74. The summed E-state index contributed by atoms with van der Waals surface area (Å²) in [6, 6.07) is 8.52. The first-order chi connectivity index (χ1) is 15.3. The number of hydrogen-bond acceptors (Lipinski definition) is 8. The van der Waals surface area contributed by atoms with Gasteiger partial charge in [0.1, 0.15) is 11.6 Å². The van der Waals surface area contributed by atoms with E-state index in [1.165, 1.54) is 19.3 Å². The molecule has 1 saturated carbocycles. The normalized spacial score (nSPS) is 20.0. The first kappa shape index (κ1) is 23.1. The monoisotopic (exact) mass is 444 g/mol. The van der Waals surface area contributed by atoms with Crippen LogP contribution in [0, 0.1) is 5.41 Å². The van der Waals surface area contributed by atoms with E-state index in [9.17, 15) is 13.6 Å². The Kier molecular flexibility index (Phi) is 7.31. The number of amides is 1. The van der Waals surface area contributed by atoms with Crippen LogP contribution in [0.3, 0.4) is 0 Å². The molecule has 1 aliphatic carbocycles. The molecule has 1 unspecified atom stereocenters. The molecule has 1 heterocycles. The minimum atomic E-state index is -2.83. The highest BCUT2D eigenvalue weighted by atomic mass is 19.3. The summed E-state index contributed by atoms with van der Waals surface area (Å²) >= 11 is 0. The van der Waals surface area contributed by atoms with Gasteiger partial charge in [0.2, 0.25) is 0 Å². The van der Waals surface area contributed by atoms with E-state index in [2.05, 4.69) is 31.5 Å². The fraction of sp³-hybridized carbons (Fsp3) is 0.333. The summed E-state index contributed by atoms with van der Waals surface area (Å²) in [5.41, 5.74) is 9.67. The van der Waals surface area contributed by atoms with Gasteiger partial charge >= 0.3 is 0 Å². The molecule has 32 heavy (non-hydrogen) atoms. The van der Waals surface area contributed by atoms with Crippen molar-refractivity contribution in [3.63, 3.8) is 0 Å². The Morgan fingerprint density at radius 3 is 2.81 bits per heavy atom. The minimum absolute atomic E-state index is 0.161. The molecule has 3 rings (SSSR count). The van der Waals surface area contributed by atoms with Crippen LogP contribution in [-0.2, 0) is 0 Å². The quantitative estimate of drug-likeness (QED) is 0.259. The molecule has 1 fully saturated rings. The summed E-state index contributed by atoms with van der Waals surface area (Å²) in [5, 5.41) is 19.6. The Morgan fingerprint density at radius 1 is 1.31 bits per heavy atom. The molecule has 0 saturated heterocycles. The number of alkyl halides is 2. The van der Waals surface area contributed by atoms with Gasteiger partial charge in [-0.3, -0.25) is 10.2 Å². The van der Waals surface area contributed by atoms with Crippen molar-refractivity contribution in [2.75, 3.05) is 23.1 Å². The maximum atomic E-state index is 14.3. The van der Waals surface area contributed by atoms with Crippen molar-refractivity contribution in [3.05, 3.63) is 42.0 Å². The van der Waals surface area contributed by atoms with Gasteiger partial charge in [-0.1, -0.05) is 6.07 Å². The number of pyridine rings is 1. The van der Waals surface area contributed by atoms with Gasteiger partial charge in [0.25, 0.3) is 11.8 Å². The van der Waals surface area contributed by atoms with Gasteiger partial charge in [0.05, 0.1) is 23.5 Å².